The Labute approximate surface area is 125 Å². The molecule has 1 atom stereocenters. The summed E-state index contributed by atoms with van der Waals surface area (Å²) >= 11 is 6.14. The van der Waals surface area contributed by atoms with Crippen LogP contribution >= 0.6 is 11.6 Å². The van der Waals surface area contributed by atoms with Gasteiger partial charge in [0.1, 0.15) is 30.5 Å². The summed E-state index contributed by atoms with van der Waals surface area (Å²) < 4.78 is 13.5. The standard InChI is InChI=1S/C14H11ClN4O2/c15-13-12-14(17-7-16-13)18-8-19(12)11-6-20-10-4-2-1-3-9(10)5-21-11/h1-4,7-8,11H,5-6H2. The Kier molecular flexibility index (Phi) is 2.98. The summed E-state index contributed by atoms with van der Waals surface area (Å²) in [4.78, 5) is 12.3. The summed E-state index contributed by atoms with van der Waals surface area (Å²) in [5.74, 6) is 0.840. The maximum atomic E-state index is 6.14. The number of nitrogens with zero attached hydrogens (tertiary/aromatic N) is 4. The largest absolute Gasteiger partial charge is 0.488 e. The van der Waals surface area contributed by atoms with E-state index in [9.17, 15) is 0 Å². The molecular weight excluding hydrogens is 292 g/mol. The molecule has 0 aliphatic carbocycles. The average Bonchev–Trinajstić information content (AvgIpc) is 2.83. The number of aromatic nitrogens is 4. The molecule has 1 aliphatic heterocycles. The lowest BCUT2D eigenvalue weighted by atomic mass is 10.2. The predicted molar refractivity (Wildman–Crippen MR) is 76.1 cm³/mol. The van der Waals surface area contributed by atoms with Gasteiger partial charge in [0.15, 0.2) is 17.0 Å². The van der Waals surface area contributed by atoms with Gasteiger partial charge in [-0.25, -0.2) is 15.0 Å². The van der Waals surface area contributed by atoms with Crippen molar-refractivity contribution in [2.75, 3.05) is 6.61 Å². The lowest BCUT2D eigenvalue weighted by Gasteiger charge is -2.16. The average molecular weight is 303 g/mol. The fraction of sp³-hybridized carbons (Fsp3) is 0.214. The van der Waals surface area contributed by atoms with Crippen molar-refractivity contribution in [3.05, 3.63) is 47.6 Å². The third kappa shape index (κ3) is 2.12. The molecule has 0 N–H and O–H groups in total. The van der Waals surface area contributed by atoms with E-state index in [1.54, 1.807) is 6.33 Å². The van der Waals surface area contributed by atoms with E-state index in [2.05, 4.69) is 15.0 Å². The number of imidazole rings is 1. The molecule has 106 valence electrons. The molecule has 0 amide bonds. The van der Waals surface area contributed by atoms with E-state index in [1.165, 1.54) is 6.33 Å². The molecule has 0 fully saturated rings. The second-order valence-electron chi connectivity index (χ2n) is 4.67. The first-order valence-corrected chi connectivity index (χ1v) is 6.86. The Balaban J connectivity index is 1.71. The first kappa shape index (κ1) is 12.6. The van der Waals surface area contributed by atoms with Crippen LogP contribution in [0, 0.1) is 0 Å². The highest BCUT2D eigenvalue weighted by Gasteiger charge is 2.22. The predicted octanol–water partition coefficient (Wildman–Crippen LogP) is 2.59. The summed E-state index contributed by atoms with van der Waals surface area (Å²) in [5.41, 5.74) is 2.21. The van der Waals surface area contributed by atoms with Crippen LogP contribution in [0.25, 0.3) is 11.2 Å². The highest BCUT2D eigenvalue weighted by atomic mass is 35.5. The highest BCUT2D eigenvalue weighted by molar-refractivity contribution is 6.33. The number of benzene rings is 1. The number of fused-ring (bicyclic) bond motifs is 2. The van der Waals surface area contributed by atoms with Gasteiger partial charge in [-0.1, -0.05) is 29.8 Å². The molecule has 6 nitrogen and oxygen atoms in total. The summed E-state index contributed by atoms with van der Waals surface area (Å²) in [6, 6.07) is 7.82. The van der Waals surface area contributed by atoms with E-state index in [-0.39, 0.29) is 6.23 Å². The van der Waals surface area contributed by atoms with Gasteiger partial charge in [-0.15, -0.1) is 0 Å². The van der Waals surface area contributed by atoms with Crippen LogP contribution in [0.2, 0.25) is 5.15 Å². The Hall–Kier alpha value is -2.18. The van der Waals surface area contributed by atoms with Crippen LogP contribution in [-0.4, -0.2) is 26.1 Å². The molecule has 3 aromatic rings. The van der Waals surface area contributed by atoms with Crippen molar-refractivity contribution in [2.45, 2.75) is 12.8 Å². The van der Waals surface area contributed by atoms with Crippen molar-refractivity contribution < 1.29 is 9.47 Å². The van der Waals surface area contributed by atoms with Crippen LogP contribution in [0.1, 0.15) is 11.8 Å². The summed E-state index contributed by atoms with van der Waals surface area (Å²) in [5, 5.41) is 0.350. The molecule has 21 heavy (non-hydrogen) atoms. The van der Waals surface area contributed by atoms with E-state index in [1.807, 2.05) is 28.8 Å². The molecule has 2 aromatic heterocycles. The van der Waals surface area contributed by atoms with Crippen molar-refractivity contribution in [1.29, 1.82) is 0 Å². The Bertz CT molecular complexity index is 778. The maximum Gasteiger partial charge on any atom is 0.182 e. The minimum absolute atomic E-state index is 0.328. The van der Waals surface area contributed by atoms with Crippen LogP contribution in [0.3, 0.4) is 0 Å². The van der Waals surface area contributed by atoms with Gasteiger partial charge >= 0.3 is 0 Å². The van der Waals surface area contributed by atoms with Gasteiger partial charge in [0, 0.05) is 5.56 Å². The Morgan fingerprint density at radius 3 is 3.05 bits per heavy atom. The second kappa shape index (κ2) is 4.98. The zero-order valence-electron chi connectivity index (χ0n) is 10.9. The summed E-state index contributed by atoms with van der Waals surface area (Å²) in [6.45, 7) is 0.833. The Morgan fingerprint density at radius 2 is 2.10 bits per heavy atom. The van der Waals surface area contributed by atoms with Crippen LogP contribution < -0.4 is 4.74 Å². The number of halogens is 1. The monoisotopic (exact) mass is 302 g/mol. The van der Waals surface area contributed by atoms with Gasteiger partial charge < -0.3 is 9.47 Å². The smallest absolute Gasteiger partial charge is 0.182 e. The van der Waals surface area contributed by atoms with Gasteiger partial charge in [0.05, 0.1) is 6.61 Å². The number of hydrogen-bond donors (Lipinski definition) is 0. The topological polar surface area (TPSA) is 62.1 Å². The molecule has 0 saturated heterocycles. The van der Waals surface area contributed by atoms with E-state index in [0.717, 1.165) is 11.3 Å². The number of rotatable bonds is 1. The van der Waals surface area contributed by atoms with Crippen molar-refractivity contribution in [1.82, 2.24) is 19.5 Å². The van der Waals surface area contributed by atoms with Gasteiger partial charge in [-0.2, -0.15) is 0 Å². The van der Waals surface area contributed by atoms with Crippen molar-refractivity contribution in [3.8, 4) is 5.75 Å². The molecule has 0 bridgehead atoms. The van der Waals surface area contributed by atoms with E-state index < -0.39 is 0 Å². The zero-order valence-corrected chi connectivity index (χ0v) is 11.7. The van der Waals surface area contributed by atoms with Crippen LogP contribution in [-0.2, 0) is 11.3 Å². The Morgan fingerprint density at radius 1 is 1.19 bits per heavy atom. The van der Waals surface area contributed by atoms with Crippen molar-refractivity contribution in [3.63, 3.8) is 0 Å². The molecule has 4 rings (SSSR count). The van der Waals surface area contributed by atoms with E-state index in [0.29, 0.717) is 29.5 Å². The lowest BCUT2D eigenvalue weighted by molar-refractivity contribution is -0.0233. The number of ether oxygens (including phenoxy) is 2. The van der Waals surface area contributed by atoms with Crippen molar-refractivity contribution in [2.24, 2.45) is 0 Å². The second-order valence-corrected chi connectivity index (χ2v) is 5.03. The lowest BCUT2D eigenvalue weighted by Crippen LogP contribution is -2.17. The SMILES string of the molecule is Clc1ncnc2ncn(C3COc4ccccc4CO3)c12. The fourth-order valence-electron chi connectivity index (χ4n) is 2.38. The highest BCUT2D eigenvalue weighted by Crippen LogP contribution is 2.29. The fourth-order valence-corrected chi connectivity index (χ4v) is 2.60. The van der Waals surface area contributed by atoms with Crippen LogP contribution in [0.15, 0.2) is 36.9 Å². The quantitative estimate of drug-likeness (QED) is 0.647. The minimum Gasteiger partial charge on any atom is -0.488 e. The molecule has 0 radical (unpaired) electrons. The molecule has 1 aromatic carbocycles. The molecule has 0 spiro atoms. The van der Waals surface area contributed by atoms with Gasteiger partial charge in [-0.05, 0) is 6.07 Å². The molecule has 7 heteroatoms. The van der Waals surface area contributed by atoms with Gasteiger partial charge in [0.2, 0.25) is 0 Å². The first-order chi connectivity index (χ1) is 10.3. The third-order valence-corrected chi connectivity index (χ3v) is 3.69. The molecule has 3 heterocycles. The molecule has 1 unspecified atom stereocenters. The third-order valence-electron chi connectivity index (χ3n) is 3.42. The first-order valence-electron chi connectivity index (χ1n) is 6.48. The van der Waals surface area contributed by atoms with E-state index >= 15 is 0 Å². The number of para-hydroxylation sites is 1. The van der Waals surface area contributed by atoms with Crippen LogP contribution in [0.5, 0.6) is 5.75 Å². The maximum absolute atomic E-state index is 6.14. The van der Waals surface area contributed by atoms with Gasteiger partial charge in [-0.3, -0.25) is 4.57 Å². The molecular formula is C14H11ClN4O2. The van der Waals surface area contributed by atoms with Crippen molar-refractivity contribution >= 4 is 22.8 Å². The normalized spacial score (nSPS) is 18.0. The minimum atomic E-state index is -0.328. The van der Waals surface area contributed by atoms with E-state index in [4.69, 9.17) is 21.1 Å². The van der Waals surface area contributed by atoms with Crippen LogP contribution in [0.4, 0.5) is 0 Å². The zero-order chi connectivity index (χ0) is 14.2. The summed E-state index contributed by atoms with van der Waals surface area (Å²) in [6.07, 6.45) is 2.71. The summed E-state index contributed by atoms with van der Waals surface area (Å²) in [7, 11) is 0. The molecule has 0 saturated carbocycles. The van der Waals surface area contributed by atoms with Gasteiger partial charge in [0.25, 0.3) is 0 Å². The molecule has 1 aliphatic rings. The number of hydrogen-bond acceptors (Lipinski definition) is 5.